The Morgan fingerprint density at radius 2 is 2.06 bits per heavy atom. The molecule has 0 heterocycles. The van der Waals surface area contributed by atoms with E-state index in [4.69, 9.17) is 11.6 Å². The Morgan fingerprint density at radius 3 is 2.50 bits per heavy atom. The SMILES string of the molecule is CC(=O)C(Cc1c(F)cccc1Cl)C(C)C. The molecule has 1 atom stereocenters. The third-order valence-electron chi connectivity index (χ3n) is 2.81. The second kappa shape index (κ2) is 5.44. The van der Waals surface area contributed by atoms with Crippen LogP contribution in [-0.2, 0) is 11.2 Å². The van der Waals surface area contributed by atoms with Gasteiger partial charge in [0.2, 0.25) is 0 Å². The van der Waals surface area contributed by atoms with Gasteiger partial charge in [0.15, 0.2) is 0 Å². The van der Waals surface area contributed by atoms with Crippen LogP contribution < -0.4 is 0 Å². The molecule has 0 aliphatic carbocycles. The van der Waals surface area contributed by atoms with Crippen LogP contribution in [0, 0.1) is 17.7 Å². The highest BCUT2D eigenvalue weighted by molar-refractivity contribution is 6.31. The molecular weight excluding hydrogens is 227 g/mol. The molecule has 1 nitrogen and oxygen atoms in total. The van der Waals surface area contributed by atoms with Crippen molar-refractivity contribution in [2.75, 3.05) is 0 Å². The molecule has 1 aromatic rings. The summed E-state index contributed by atoms with van der Waals surface area (Å²) < 4.78 is 13.5. The number of hydrogen-bond donors (Lipinski definition) is 0. The fraction of sp³-hybridized carbons (Fsp3) is 0.462. The van der Waals surface area contributed by atoms with Gasteiger partial charge in [0.1, 0.15) is 11.6 Å². The van der Waals surface area contributed by atoms with Crippen LogP contribution in [0.4, 0.5) is 4.39 Å². The number of ketones is 1. The molecular formula is C13H16ClFO. The summed E-state index contributed by atoms with van der Waals surface area (Å²) in [7, 11) is 0. The van der Waals surface area contributed by atoms with Crippen molar-refractivity contribution in [3.05, 3.63) is 34.6 Å². The molecule has 0 spiro atoms. The van der Waals surface area contributed by atoms with Crippen LogP contribution in [0.1, 0.15) is 26.3 Å². The average Bonchev–Trinajstić information content (AvgIpc) is 2.15. The molecule has 0 N–H and O–H groups in total. The predicted octanol–water partition coefficient (Wildman–Crippen LogP) is 3.88. The topological polar surface area (TPSA) is 17.1 Å². The smallest absolute Gasteiger partial charge is 0.133 e. The van der Waals surface area contributed by atoms with Gasteiger partial charge >= 0.3 is 0 Å². The Hall–Kier alpha value is -0.890. The van der Waals surface area contributed by atoms with Crippen molar-refractivity contribution >= 4 is 17.4 Å². The van der Waals surface area contributed by atoms with Gasteiger partial charge in [-0.3, -0.25) is 4.79 Å². The lowest BCUT2D eigenvalue weighted by Crippen LogP contribution is -2.20. The fourth-order valence-corrected chi connectivity index (χ4v) is 2.04. The van der Waals surface area contributed by atoms with Crippen LogP contribution in [0.25, 0.3) is 0 Å². The average molecular weight is 243 g/mol. The Morgan fingerprint density at radius 1 is 1.44 bits per heavy atom. The van der Waals surface area contributed by atoms with Crippen LogP contribution in [-0.4, -0.2) is 5.78 Å². The molecule has 0 saturated heterocycles. The van der Waals surface area contributed by atoms with Gasteiger partial charge in [-0.15, -0.1) is 0 Å². The van der Waals surface area contributed by atoms with Crippen molar-refractivity contribution in [1.82, 2.24) is 0 Å². The molecule has 3 heteroatoms. The molecule has 1 aromatic carbocycles. The molecule has 0 aromatic heterocycles. The minimum Gasteiger partial charge on any atom is -0.300 e. The van der Waals surface area contributed by atoms with Crippen molar-refractivity contribution in [2.24, 2.45) is 11.8 Å². The highest BCUT2D eigenvalue weighted by atomic mass is 35.5. The van der Waals surface area contributed by atoms with Gasteiger partial charge in [0.25, 0.3) is 0 Å². The van der Waals surface area contributed by atoms with E-state index in [0.29, 0.717) is 17.0 Å². The number of benzene rings is 1. The van der Waals surface area contributed by atoms with Gasteiger partial charge in [-0.05, 0) is 31.4 Å². The van der Waals surface area contributed by atoms with E-state index >= 15 is 0 Å². The maximum absolute atomic E-state index is 13.5. The van der Waals surface area contributed by atoms with Gasteiger partial charge in [-0.2, -0.15) is 0 Å². The molecule has 16 heavy (non-hydrogen) atoms. The Labute approximate surface area is 101 Å². The fourth-order valence-electron chi connectivity index (χ4n) is 1.80. The monoisotopic (exact) mass is 242 g/mol. The minimum absolute atomic E-state index is 0.0781. The molecule has 0 radical (unpaired) electrons. The molecule has 0 amide bonds. The lowest BCUT2D eigenvalue weighted by atomic mass is 9.86. The normalized spacial score (nSPS) is 12.9. The third-order valence-corrected chi connectivity index (χ3v) is 3.17. The van der Waals surface area contributed by atoms with E-state index in [1.54, 1.807) is 19.1 Å². The molecule has 0 saturated carbocycles. The molecule has 88 valence electrons. The summed E-state index contributed by atoms with van der Waals surface area (Å²) in [6.07, 6.45) is 0.374. The lowest BCUT2D eigenvalue weighted by Gasteiger charge is -2.18. The molecule has 0 bridgehead atoms. The summed E-state index contributed by atoms with van der Waals surface area (Å²) >= 11 is 5.93. The highest BCUT2D eigenvalue weighted by Gasteiger charge is 2.21. The predicted molar refractivity (Wildman–Crippen MR) is 64.1 cm³/mol. The zero-order valence-corrected chi connectivity index (χ0v) is 10.5. The van der Waals surface area contributed by atoms with Crippen molar-refractivity contribution in [1.29, 1.82) is 0 Å². The minimum atomic E-state index is -0.334. The van der Waals surface area contributed by atoms with E-state index in [9.17, 15) is 9.18 Å². The third kappa shape index (κ3) is 3.05. The first-order valence-corrected chi connectivity index (χ1v) is 5.74. The standard InChI is InChI=1S/C13H16ClFO/c1-8(2)10(9(3)16)7-11-12(14)5-4-6-13(11)15/h4-6,8,10H,7H2,1-3H3. The van der Waals surface area contributed by atoms with Crippen molar-refractivity contribution in [3.8, 4) is 0 Å². The second-order valence-electron chi connectivity index (χ2n) is 4.37. The van der Waals surface area contributed by atoms with Crippen LogP contribution in [0.3, 0.4) is 0 Å². The summed E-state index contributed by atoms with van der Waals surface area (Å²) in [6.45, 7) is 5.46. The van der Waals surface area contributed by atoms with Gasteiger partial charge in [0.05, 0.1) is 0 Å². The zero-order valence-electron chi connectivity index (χ0n) is 9.76. The van der Waals surface area contributed by atoms with E-state index in [0.717, 1.165) is 0 Å². The van der Waals surface area contributed by atoms with Crippen molar-refractivity contribution < 1.29 is 9.18 Å². The molecule has 0 aliphatic heterocycles. The summed E-state index contributed by atoms with van der Waals surface area (Å²) in [6, 6.07) is 4.59. The number of carbonyl (C=O) groups is 1. The second-order valence-corrected chi connectivity index (χ2v) is 4.77. The summed E-state index contributed by atoms with van der Waals surface area (Å²) in [5, 5.41) is 0.395. The maximum atomic E-state index is 13.5. The van der Waals surface area contributed by atoms with Gasteiger partial charge in [0, 0.05) is 16.5 Å². The number of rotatable bonds is 4. The Kier molecular flexibility index (Phi) is 4.48. The first-order valence-electron chi connectivity index (χ1n) is 5.36. The first kappa shape index (κ1) is 13.2. The molecule has 1 unspecified atom stereocenters. The summed E-state index contributed by atoms with van der Waals surface area (Å²) in [5.41, 5.74) is 0.443. The van der Waals surface area contributed by atoms with Crippen molar-refractivity contribution in [2.45, 2.75) is 27.2 Å². The quantitative estimate of drug-likeness (QED) is 0.783. The van der Waals surface area contributed by atoms with E-state index < -0.39 is 0 Å². The maximum Gasteiger partial charge on any atom is 0.133 e. The van der Waals surface area contributed by atoms with Crippen LogP contribution in [0.15, 0.2) is 18.2 Å². The number of hydrogen-bond acceptors (Lipinski definition) is 1. The van der Waals surface area contributed by atoms with E-state index in [-0.39, 0.29) is 23.4 Å². The van der Waals surface area contributed by atoms with Gasteiger partial charge in [-0.1, -0.05) is 31.5 Å². The zero-order chi connectivity index (χ0) is 12.3. The van der Waals surface area contributed by atoms with Crippen LogP contribution >= 0.6 is 11.6 Å². The van der Waals surface area contributed by atoms with E-state index in [1.807, 2.05) is 13.8 Å². The molecule has 1 rings (SSSR count). The number of halogens is 2. The largest absolute Gasteiger partial charge is 0.300 e. The van der Waals surface area contributed by atoms with E-state index in [2.05, 4.69) is 0 Å². The van der Waals surface area contributed by atoms with Crippen LogP contribution in [0.2, 0.25) is 5.02 Å². The van der Waals surface area contributed by atoms with Gasteiger partial charge < -0.3 is 0 Å². The Bertz CT molecular complexity index is 367. The van der Waals surface area contributed by atoms with E-state index in [1.165, 1.54) is 6.07 Å². The lowest BCUT2D eigenvalue weighted by molar-refractivity contribution is -0.121. The van der Waals surface area contributed by atoms with Crippen LogP contribution in [0.5, 0.6) is 0 Å². The van der Waals surface area contributed by atoms with Gasteiger partial charge in [-0.25, -0.2) is 4.39 Å². The summed E-state index contributed by atoms with van der Waals surface area (Å²) in [4.78, 5) is 11.4. The highest BCUT2D eigenvalue weighted by Crippen LogP contribution is 2.25. The number of Topliss-reactive ketones (excluding diaryl/α,β-unsaturated/α-hetero) is 1. The number of carbonyl (C=O) groups excluding carboxylic acids is 1. The Balaban J connectivity index is 2.98. The molecule has 0 aliphatic rings. The molecule has 0 fully saturated rings. The first-order chi connectivity index (χ1) is 7.43. The van der Waals surface area contributed by atoms with Crippen molar-refractivity contribution in [3.63, 3.8) is 0 Å². The summed E-state index contributed by atoms with van der Waals surface area (Å²) in [5.74, 6) is -0.240.